The first-order chi connectivity index (χ1) is 12.9. The molecule has 4 rings (SSSR count). The summed E-state index contributed by atoms with van der Waals surface area (Å²) in [5.74, 6) is 0.821. The molecule has 1 amide bonds. The van der Waals surface area contributed by atoms with Gasteiger partial charge in [-0.1, -0.05) is 0 Å². The lowest BCUT2D eigenvalue weighted by Gasteiger charge is -2.39. The fourth-order valence-electron chi connectivity index (χ4n) is 4.36. The Hall–Kier alpha value is -2.38. The zero-order valence-electron chi connectivity index (χ0n) is 16.0. The van der Waals surface area contributed by atoms with E-state index in [9.17, 15) is 14.7 Å². The van der Waals surface area contributed by atoms with E-state index in [4.69, 9.17) is 0 Å². The first kappa shape index (κ1) is 18.0. The van der Waals surface area contributed by atoms with Crippen molar-refractivity contribution < 1.29 is 14.7 Å². The molecule has 0 aromatic carbocycles. The van der Waals surface area contributed by atoms with Crippen LogP contribution < -0.4 is 9.80 Å². The highest BCUT2D eigenvalue weighted by molar-refractivity contribution is 5.87. The Bertz CT molecular complexity index is 741. The van der Waals surface area contributed by atoms with Crippen LogP contribution >= 0.6 is 0 Å². The highest BCUT2D eigenvalue weighted by atomic mass is 16.4. The number of aromatic nitrogens is 2. The van der Waals surface area contributed by atoms with Gasteiger partial charge in [0.25, 0.3) is 0 Å². The van der Waals surface area contributed by atoms with Gasteiger partial charge in [0.2, 0.25) is 11.9 Å². The Morgan fingerprint density at radius 3 is 2.56 bits per heavy atom. The van der Waals surface area contributed by atoms with Crippen LogP contribution in [0.5, 0.6) is 0 Å². The molecule has 2 aliphatic heterocycles. The Kier molecular flexibility index (Phi) is 4.44. The van der Waals surface area contributed by atoms with Gasteiger partial charge in [-0.05, 0) is 43.6 Å². The predicted molar refractivity (Wildman–Crippen MR) is 101 cm³/mol. The maximum Gasteiger partial charge on any atom is 0.326 e. The minimum atomic E-state index is -0.870. The molecular formula is C19H27N5O3. The molecule has 8 nitrogen and oxygen atoms in total. The molecule has 1 aliphatic carbocycles. The van der Waals surface area contributed by atoms with Crippen LogP contribution in [-0.4, -0.2) is 71.6 Å². The molecule has 1 saturated carbocycles. The van der Waals surface area contributed by atoms with Crippen molar-refractivity contribution in [3.8, 4) is 0 Å². The molecule has 8 heteroatoms. The van der Waals surface area contributed by atoms with E-state index >= 15 is 0 Å². The lowest BCUT2D eigenvalue weighted by atomic mass is 9.76. The number of aliphatic carboxylic acids is 1. The zero-order valence-corrected chi connectivity index (χ0v) is 16.0. The Balaban J connectivity index is 1.45. The first-order valence-electron chi connectivity index (χ1n) is 9.67. The fraction of sp³-hybridized carbons (Fsp3) is 0.684. The number of carboxylic acids is 1. The van der Waals surface area contributed by atoms with Gasteiger partial charge < -0.3 is 19.8 Å². The van der Waals surface area contributed by atoms with Gasteiger partial charge in [-0.2, -0.15) is 4.98 Å². The average molecular weight is 373 g/mol. The summed E-state index contributed by atoms with van der Waals surface area (Å²) in [6, 6.07) is 1.21. The van der Waals surface area contributed by atoms with Crippen molar-refractivity contribution in [1.82, 2.24) is 14.9 Å². The van der Waals surface area contributed by atoms with E-state index in [0.29, 0.717) is 13.0 Å². The lowest BCUT2D eigenvalue weighted by Crippen LogP contribution is -2.44. The molecule has 1 atom stereocenters. The van der Waals surface area contributed by atoms with E-state index in [0.717, 1.165) is 50.5 Å². The van der Waals surface area contributed by atoms with Crippen LogP contribution in [0.4, 0.5) is 11.8 Å². The monoisotopic (exact) mass is 373 g/mol. The molecule has 3 fully saturated rings. The minimum Gasteiger partial charge on any atom is -0.480 e. The molecular weight excluding hydrogens is 346 g/mol. The van der Waals surface area contributed by atoms with Crippen LogP contribution in [0.25, 0.3) is 0 Å². The third-order valence-corrected chi connectivity index (χ3v) is 6.20. The Labute approximate surface area is 159 Å². The van der Waals surface area contributed by atoms with Crippen molar-refractivity contribution in [2.24, 2.45) is 11.3 Å². The van der Waals surface area contributed by atoms with Crippen LogP contribution in [0.3, 0.4) is 0 Å². The van der Waals surface area contributed by atoms with Crippen molar-refractivity contribution in [2.75, 3.05) is 43.5 Å². The van der Waals surface area contributed by atoms with Crippen molar-refractivity contribution in [2.45, 2.75) is 38.1 Å². The van der Waals surface area contributed by atoms with Crippen LogP contribution in [0, 0.1) is 11.3 Å². The molecule has 1 aromatic rings. The molecule has 0 radical (unpaired) electrons. The van der Waals surface area contributed by atoms with Crippen molar-refractivity contribution in [3.63, 3.8) is 0 Å². The molecule has 146 valence electrons. The van der Waals surface area contributed by atoms with E-state index in [1.807, 2.05) is 25.1 Å². The van der Waals surface area contributed by atoms with Gasteiger partial charge in [0.1, 0.15) is 11.9 Å². The molecule has 1 N–H and O–H groups in total. The van der Waals surface area contributed by atoms with Gasteiger partial charge >= 0.3 is 5.97 Å². The SMILES string of the molecule is CN(C)c1ccnc(N2CCC3(CC2)CC(C(=O)O)N(C(=O)C2CC2)C3)n1. The number of carbonyl (C=O) groups is 2. The van der Waals surface area contributed by atoms with Crippen LogP contribution in [0.2, 0.25) is 0 Å². The topological polar surface area (TPSA) is 89.9 Å². The van der Waals surface area contributed by atoms with Crippen LogP contribution in [0.15, 0.2) is 12.3 Å². The fourth-order valence-corrected chi connectivity index (χ4v) is 4.36. The Morgan fingerprint density at radius 1 is 1.26 bits per heavy atom. The second kappa shape index (κ2) is 6.65. The molecule has 3 aliphatic rings. The van der Waals surface area contributed by atoms with Crippen molar-refractivity contribution >= 4 is 23.6 Å². The zero-order chi connectivity index (χ0) is 19.2. The van der Waals surface area contributed by atoms with Crippen molar-refractivity contribution in [1.29, 1.82) is 0 Å². The Morgan fingerprint density at radius 2 is 1.96 bits per heavy atom. The van der Waals surface area contributed by atoms with Gasteiger partial charge in [0, 0.05) is 45.8 Å². The molecule has 27 heavy (non-hydrogen) atoms. The number of piperidine rings is 1. The van der Waals surface area contributed by atoms with Gasteiger partial charge in [-0.25, -0.2) is 9.78 Å². The number of nitrogens with zero attached hydrogens (tertiary/aromatic N) is 5. The summed E-state index contributed by atoms with van der Waals surface area (Å²) in [6.45, 7) is 2.15. The summed E-state index contributed by atoms with van der Waals surface area (Å²) in [6.07, 6.45) is 5.87. The minimum absolute atomic E-state index is 0.0451. The van der Waals surface area contributed by atoms with Gasteiger partial charge in [-0.3, -0.25) is 4.79 Å². The molecule has 1 spiro atoms. The number of rotatable bonds is 4. The number of likely N-dealkylation sites (tertiary alicyclic amines) is 1. The summed E-state index contributed by atoms with van der Waals surface area (Å²) in [5.41, 5.74) is -0.0940. The molecule has 1 unspecified atom stereocenters. The van der Waals surface area contributed by atoms with Gasteiger partial charge in [0.15, 0.2) is 0 Å². The second-order valence-corrected chi connectivity index (χ2v) is 8.39. The molecule has 1 aromatic heterocycles. The third kappa shape index (κ3) is 3.44. The lowest BCUT2D eigenvalue weighted by molar-refractivity contribution is -0.148. The normalized spacial score (nSPS) is 24.3. The number of hydrogen-bond acceptors (Lipinski definition) is 6. The quantitative estimate of drug-likeness (QED) is 0.849. The van der Waals surface area contributed by atoms with Crippen LogP contribution in [0.1, 0.15) is 32.1 Å². The third-order valence-electron chi connectivity index (χ3n) is 6.20. The maximum absolute atomic E-state index is 12.6. The summed E-state index contributed by atoms with van der Waals surface area (Å²) in [5, 5.41) is 9.63. The summed E-state index contributed by atoms with van der Waals surface area (Å²) in [4.78, 5) is 39.1. The summed E-state index contributed by atoms with van der Waals surface area (Å²) >= 11 is 0. The smallest absolute Gasteiger partial charge is 0.326 e. The van der Waals surface area contributed by atoms with Gasteiger partial charge in [0.05, 0.1) is 0 Å². The number of anilines is 2. The van der Waals surface area contributed by atoms with Crippen molar-refractivity contribution in [3.05, 3.63) is 12.3 Å². The molecule has 3 heterocycles. The highest BCUT2D eigenvalue weighted by Gasteiger charge is 2.51. The molecule has 0 bridgehead atoms. The predicted octanol–water partition coefficient (Wildman–Crippen LogP) is 1.22. The van der Waals surface area contributed by atoms with E-state index in [1.54, 1.807) is 11.1 Å². The number of carboxylic acid groups (broad SMARTS) is 1. The maximum atomic E-state index is 12.6. The van der Waals surface area contributed by atoms with E-state index < -0.39 is 12.0 Å². The van der Waals surface area contributed by atoms with E-state index in [1.165, 1.54) is 0 Å². The second-order valence-electron chi connectivity index (χ2n) is 8.39. The summed E-state index contributed by atoms with van der Waals surface area (Å²) < 4.78 is 0. The van der Waals surface area contributed by atoms with Crippen LogP contribution in [-0.2, 0) is 9.59 Å². The molecule has 2 saturated heterocycles. The van der Waals surface area contributed by atoms with E-state index in [-0.39, 0.29) is 17.2 Å². The highest BCUT2D eigenvalue weighted by Crippen LogP contribution is 2.45. The van der Waals surface area contributed by atoms with Gasteiger partial charge in [-0.15, -0.1) is 0 Å². The largest absolute Gasteiger partial charge is 0.480 e. The van der Waals surface area contributed by atoms with E-state index in [2.05, 4.69) is 14.9 Å². The summed E-state index contributed by atoms with van der Waals surface area (Å²) in [7, 11) is 3.90. The number of carbonyl (C=O) groups excluding carboxylic acids is 1. The first-order valence-corrected chi connectivity index (χ1v) is 9.67. The number of hydrogen-bond donors (Lipinski definition) is 1. The number of amides is 1. The standard InChI is InChI=1S/C19H27N5O3/c1-22(2)15-5-8-20-18(21-15)23-9-6-19(7-10-23)11-14(17(26)27)24(12-19)16(25)13-3-4-13/h5,8,13-14H,3-4,6-7,9-12H2,1-2H3,(H,26,27). The average Bonchev–Trinajstić information content (AvgIpc) is 3.44.